The Bertz CT molecular complexity index is 1060. The zero-order valence-corrected chi connectivity index (χ0v) is 13.9. The molecule has 0 bridgehead atoms. The van der Waals surface area contributed by atoms with Crippen LogP contribution in [0.1, 0.15) is 15.9 Å². The minimum Gasteiger partial charge on any atom is -0.486 e. The monoisotopic (exact) mass is 349 g/mol. The first-order chi connectivity index (χ1) is 12.8. The van der Waals surface area contributed by atoms with E-state index < -0.39 is 0 Å². The van der Waals surface area contributed by atoms with Gasteiger partial charge in [-0.05, 0) is 12.1 Å². The maximum absolute atomic E-state index is 11.3. The SMILES string of the molecule is COc1cc(C=O)c(OCc2cc(-c3ccn[nH]3)cn3ccnc23)cn1. The van der Waals surface area contributed by atoms with Gasteiger partial charge in [-0.1, -0.05) is 0 Å². The molecule has 0 aliphatic heterocycles. The lowest BCUT2D eigenvalue weighted by atomic mass is 10.1. The smallest absolute Gasteiger partial charge is 0.213 e. The number of rotatable bonds is 6. The molecule has 0 unspecified atom stereocenters. The Morgan fingerprint density at radius 1 is 1.27 bits per heavy atom. The van der Waals surface area contributed by atoms with Crippen molar-refractivity contribution in [1.82, 2.24) is 24.6 Å². The van der Waals surface area contributed by atoms with Crippen molar-refractivity contribution in [3.05, 3.63) is 60.3 Å². The van der Waals surface area contributed by atoms with Crippen LogP contribution in [0.4, 0.5) is 0 Å². The summed E-state index contributed by atoms with van der Waals surface area (Å²) in [6, 6.07) is 5.41. The van der Waals surface area contributed by atoms with Gasteiger partial charge in [-0.3, -0.25) is 9.89 Å². The Morgan fingerprint density at radius 2 is 2.19 bits per heavy atom. The zero-order chi connectivity index (χ0) is 17.9. The van der Waals surface area contributed by atoms with E-state index in [2.05, 4.69) is 20.2 Å². The number of aldehydes is 1. The summed E-state index contributed by atoms with van der Waals surface area (Å²) in [5.74, 6) is 0.744. The second kappa shape index (κ2) is 6.67. The van der Waals surface area contributed by atoms with Crippen molar-refractivity contribution in [2.75, 3.05) is 7.11 Å². The zero-order valence-electron chi connectivity index (χ0n) is 13.9. The van der Waals surface area contributed by atoms with E-state index >= 15 is 0 Å². The first kappa shape index (κ1) is 15.8. The summed E-state index contributed by atoms with van der Waals surface area (Å²) in [5, 5.41) is 6.94. The predicted octanol–water partition coefficient (Wildman–Crippen LogP) is 2.52. The molecule has 130 valence electrons. The molecule has 0 spiro atoms. The lowest BCUT2D eigenvalue weighted by Gasteiger charge is -2.11. The van der Waals surface area contributed by atoms with E-state index in [1.807, 2.05) is 28.9 Å². The number of carbonyl (C=O) groups excluding carboxylic acids is 1. The largest absolute Gasteiger partial charge is 0.486 e. The number of fused-ring (bicyclic) bond motifs is 1. The van der Waals surface area contributed by atoms with Crippen molar-refractivity contribution in [2.24, 2.45) is 0 Å². The third kappa shape index (κ3) is 2.88. The van der Waals surface area contributed by atoms with Crippen molar-refractivity contribution in [2.45, 2.75) is 6.61 Å². The van der Waals surface area contributed by atoms with Crippen molar-refractivity contribution in [1.29, 1.82) is 0 Å². The summed E-state index contributed by atoms with van der Waals surface area (Å²) in [5.41, 5.74) is 3.87. The number of imidazole rings is 1. The molecule has 0 aromatic carbocycles. The molecule has 26 heavy (non-hydrogen) atoms. The lowest BCUT2D eigenvalue weighted by Crippen LogP contribution is -2.03. The van der Waals surface area contributed by atoms with Gasteiger partial charge in [-0.25, -0.2) is 9.97 Å². The summed E-state index contributed by atoms with van der Waals surface area (Å²) in [6.45, 7) is 0.233. The van der Waals surface area contributed by atoms with Crippen LogP contribution < -0.4 is 9.47 Å². The number of ether oxygens (including phenoxy) is 2. The van der Waals surface area contributed by atoms with Gasteiger partial charge in [0.25, 0.3) is 0 Å². The average molecular weight is 349 g/mol. The Kier molecular flexibility index (Phi) is 4.06. The van der Waals surface area contributed by atoms with Crippen LogP contribution in [0.25, 0.3) is 16.9 Å². The molecule has 0 amide bonds. The summed E-state index contributed by atoms with van der Waals surface area (Å²) in [7, 11) is 1.49. The van der Waals surface area contributed by atoms with Gasteiger partial charge >= 0.3 is 0 Å². The standard InChI is InChI=1S/C18H15N5O3/c1-25-17-7-13(10-24)16(8-20-17)26-11-14-6-12(15-2-3-21-22-15)9-23-5-4-19-18(14)23/h2-10H,11H2,1H3,(H,21,22). The second-order valence-corrected chi connectivity index (χ2v) is 5.55. The molecule has 0 saturated carbocycles. The van der Waals surface area contributed by atoms with E-state index in [4.69, 9.17) is 9.47 Å². The Morgan fingerprint density at radius 3 is 2.96 bits per heavy atom. The predicted molar refractivity (Wildman–Crippen MR) is 93.3 cm³/mol. The minimum atomic E-state index is 0.233. The van der Waals surface area contributed by atoms with Crippen LogP contribution >= 0.6 is 0 Å². The minimum absolute atomic E-state index is 0.233. The molecular formula is C18H15N5O3. The molecule has 4 heterocycles. The van der Waals surface area contributed by atoms with Crippen LogP contribution in [0.15, 0.2) is 49.2 Å². The highest BCUT2D eigenvalue weighted by Crippen LogP contribution is 2.24. The van der Waals surface area contributed by atoms with Gasteiger partial charge in [0.1, 0.15) is 18.0 Å². The van der Waals surface area contributed by atoms with Crippen LogP contribution in [0, 0.1) is 0 Å². The summed E-state index contributed by atoms with van der Waals surface area (Å²) < 4.78 is 12.8. The highest BCUT2D eigenvalue weighted by atomic mass is 16.5. The van der Waals surface area contributed by atoms with Crippen LogP contribution in [-0.4, -0.2) is 38.0 Å². The Hall–Kier alpha value is -3.68. The van der Waals surface area contributed by atoms with Crippen molar-refractivity contribution < 1.29 is 14.3 Å². The number of nitrogens with one attached hydrogen (secondary N) is 1. The second-order valence-electron chi connectivity index (χ2n) is 5.55. The average Bonchev–Trinajstić information content (AvgIpc) is 3.37. The maximum atomic E-state index is 11.3. The number of hydrogen-bond donors (Lipinski definition) is 1. The number of pyridine rings is 2. The summed E-state index contributed by atoms with van der Waals surface area (Å²) in [4.78, 5) is 19.8. The Balaban J connectivity index is 1.67. The van der Waals surface area contributed by atoms with Gasteiger partial charge in [-0.2, -0.15) is 5.10 Å². The normalized spacial score (nSPS) is 10.8. The molecule has 4 aromatic heterocycles. The van der Waals surface area contributed by atoms with Gasteiger partial charge in [0.2, 0.25) is 5.88 Å². The summed E-state index contributed by atoms with van der Waals surface area (Å²) >= 11 is 0. The number of aromatic nitrogens is 5. The quantitative estimate of drug-likeness (QED) is 0.538. The van der Waals surface area contributed by atoms with Gasteiger partial charge < -0.3 is 13.9 Å². The number of hydrogen-bond acceptors (Lipinski definition) is 6. The molecule has 0 fully saturated rings. The number of aromatic amines is 1. The Labute approximate surface area is 148 Å². The third-order valence-electron chi connectivity index (χ3n) is 3.97. The molecule has 0 atom stereocenters. The number of nitrogens with zero attached hydrogens (tertiary/aromatic N) is 4. The maximum Gasteiger partial charge on any atom is 0.213 e. The van der Waals surface area contributed by atoms with Crippen molar-refractivity contribution in [3.8, 4) is 22.9 Å². The van der Waals surface area contributed by atoms with Crippen LogP contribution in [0.3, 0.4) is 0 Å². The summed E-state index contributed by atoms with van der Waals surface area (Å²) in [6.07, 6.45) is 9.44. The fourth-order valence-corrected chi connectivity index (χ4v) is 2.69. The van der Waals surface area contributed by atoms with Gasteiger partial charge in [0.15, 0.2) is 6.29 Å². The van der Waals surface area contributed by atoms with Crippen molar-refractivity contribution >= 4 is 11.9 Å². The van der Waals surface area contributed by atoms with E-state index in [1.165, 1.54) is 19.4 Å². The lowest BCUT2D eigenvalue weighted by molar-refractivity contribution is 0.111. The molecule has 4 rings (SSSR count). The van der Waals surface area contributed by atoms with Crippen LogP contribution in [0.5, 0.6) is 11.6 Å². The van der Waals surface area contributed by atoms with Gasteiger partial charge in [-0.15, -0.1) is 0 Å². The van der Waals surface area contributed by atoms with E-state index in [0.717, 1.165) is 22.5 Å². The molecule has 4 aromatic rings. The highest BCUT2D eigenvalue weighted by Gasteiger charge is 2.11. The van der Waals surface area contributed by atoms with E-state index in [0.29, 0.717) is 23.5 Å². The fourth-order valence-electron chi connectivity index (χ4n) is 2.69. The molecule has 0 radical (unpaired) electrons. The first-order valence-electron chi connectivity index (χ1n) is 7.86. The molecule has 0 saturated heterocycles. The van der Waals surface area contributed by atoms with Crippen LogP contribution in [0.2, 0.25) is 0 Å². The first-order valence-corrected chi connectivity index (χ1v) is 7.86. The topological polar surface area (TPSA) is 94.4 Å². The molecule has 0 aliphatic carbocycles. The van der Waals surface area contributed by atoms with E-state index in [-0.39, 0.29) is 6.61 Å². The molecule has 8 heteroatoms. The van der Waals surface area contributed by atoms with E-state index in [1.54, 1.807) is 12.4 Å². The van der Waals surface area contributed by atoms with Crippen molar-refractivity contribution in [3.63, 3.8) is 0 Å². The fraction of sp³-hybridized carbons (Fsp3) is 0.111. The molecular weight excluding hydrogens is 334 g/mol. The molecule has 8 nitrogen and oxygen atoms in total. The van der Waals surface area contributed by atoms with Gasteiger partial charge in [0, 0.05) is 42.0 Å². The van der Waals surface area contributed by atoms with E-state index in [9.17, 15) is 4.79 Å². The molecule has 0 aliphatic rings. The number of carbonyl (C=O) groups is 1. The molecule has 1 N–H and O–H groups in total. The third-order valence-corrected chi connectivity index (χ3v) is 3.97. The van der Waals surface area contributed by atoms with Crippen LogP contribution in [-0.2, 0) is 6.61 Å². The number of methoxy groups -OCH3 is 1. The highest BCUT2D eigenvalue weighted by molar-refractivity contribution is 5.79. The van der Waals surface area contributed by atoms with Gasteiger partial charge in [0.05, 0.1) is 24.6 Å². The number of H-pyrrole nitrogens is 1.